The van der Waals surface area contributed by atoms with Crippen molar-refractivity contribution >= 4 is 6.09 Å². The summed E-state index contributed by atoms with van der Waals surface area (Å²) in [4.78, 5) is 16.7. The maximum Gasteiger partial charge on any atom is 0.410 e. The average molecular weight is 391 g/mol. The lowest BCUT2D eigenvalue weighted by atomic mass is 9.91. The molecule has 0 aliphatic carbocycles. The predicted molar refractivity (Wildman–Crippen MR) is 114 cm³/mol. The van der Waals surface area contributed by atoms with E-state index in [4.69, 9.17) is 9.47 Å². The van der Waals surface area contributed by atoms with E-state index in [9.17, 15) is 4.79 Å². The highest BCUT2D eigenvalue weighted by Gasteiger charge is 2.35. The molecule has 0 bridgehead atoms. The first-order valence-corrected chi connectivity index (χ1v) is 10.7. The molecule has 1 unspecified atom stereocenters. The van der Waals surface area contributed by atoms with Crippen molar-refractivity contribution < 1.29 is 14.3 Å². The minimum atomic E-state index is -0.432. The molecule has 2 heterocycles. The summed E-state index contributed by atoms with van der Waals surface area (Å²) in [6, 6.07) is 8.69. The van der Waals surface area contributed by atoms with E-state index >= 15 is 0 Å². The van der Waals surface area contributed by atoms with Gasteiger partial charge in [-0.15, -0.1) is 0 Å². The van der Waals surface area contributed by atoms with Gasteiger partial charge >= 0.3 is 6.09 Å². The maximum atomic E-state index is 12.3. The van der Waals surface area contributed by atoms with Gasteiger partial charge in [0.2, 0.25) is 0 Å². The van der Waals surface area contributed by atoms with Gasteiger partial charge in [-0.1, -0.05) is 26.0 Å². The lowest BCUT2D eigenvalue weighted by Crippen LogP contribution is -2.58. The highest BCUT2D eigenvalue weighted by molar-refractivity contribution is 5.68. The number of carbonyl (C=O) groups is 1. The molecule has 1 aromatic rings. The molecule has 3 rings (SSSR count). The van der Waals surface area contributed by atoms with Gasteiger partial charge in [0.1, 0.15) is 11.4 Å². The number of aryl methyl sites for hydroxylation is 1. The van der Waals surface area contributed by atoms with Gasteiger partial charge in [0.05, 0.1) is 6.61 Å². The summed E-state index contributed by atoms with van der Waals surface area (Å²) in [5, 5.41) is 0. The van der Waals surface area contributed by atoms with Gasteiger partial charge in [-0.25, -0.2) is 4.79 Å². The number of hydrogen-bond donors (Lipinski definition) is 0. The molecule has 0 saturated carbocycles. The first-order chi connectivity index (χ1) is 13.3. The zero-order valence-corrected chi connectivity index (χ0v) is 18.5. The SMILES string of the molecule is CC.Cc1cccc(OCC2CC[C@H]3CN(C(=O)OC(C)(C)C)CCN3C2)c1. The second-order valence-corrected chi connectivity index (χ2v) is 8.65. The first-order valence-electron chi connectivity index (χ1n) is 10.7. The van der Waals surface area contributed by atoms with Crippen LogP contribution in [0.25, 0.3) is 0 Å². The number of hydrogen-bond acceptors (Lipinski definition) is 4. The van der Waals surface area contributed by atoms with Gasteiger partial charge in [0.15, 0.2) is 0 Å². The molecule has 0 radical (unpaired) electrons. The number of piperazine rings is 1. The van der Waals surface area contributed by atoms with Gasteiger partial charge < -0.3 is 14.4 Å². The molecule has 1 aromatic carbocycles. The van der Waals surface area contributed by atoms with Crippen molar-refractivity contribution in [3.63, 3.8) is 0 Å². The normalized spacial score (nSPS) is 22.6. The fraction of sp³-hybridized carbons (Fsp3) is 0.696. The molecule has 2 atom stereocenters. The Labute approximate surface area is 171 Å². The third kappa shape index (κ3) is 6.69. The Kier molecular flexibility index (Phi) is 8.17. The van der Waals surface area contributed by atoms with Gasteiger partial charge in [-0.05, 0) is 58.2 Å². The van der Waals surface area contributed by atoms with Gasteiger partial charge in [-0.3, -0.25) is 4.90 Å². The molecular formula is C23H38N2O3. The summed E-state index contributed by atoms with van der Waals surface area (Å²) < 4.78 is 11.5. The van der Waals surface area contributed by atoms with E-state index < -0.39 is 5.60 Å². The Morgan fingerprint density at radius 3 is 2.57 bits per heavy atom. The molecule has 1 amide bonds. The topological polar surface area (TPSA) is 42.0 Å². The summed E-state index contributed by atoms with van der Waals surface area (Å²) in [5.41, 5.74) is 0.795. The van der Waals surface area contributed by atoms with E-state index in [1.807, 2.05) is 51.7 Å². The predicted octanol–water partition coefficient (Wildman–Crippen LogP) is 4.73. The van der Waals surface area contributed by atoms with Gasteiger partial charge in [0.25, 0.3) is 0 Å². The second-order valence-electron chi connectivity index (χ2n) is 8.65. The van der Waals surface area contributed by atoms with E-state index in [1.54, 1.807) is 0 Å². The van der Waals surface area contributed by atoms with Crippen LogP contribution in [-0.2, 0) is 4.74 Å². The molecule has 0 aromatic heterocycles. The van der Waals surface area contributed by atoms with Crippen LogP contribution in [-0.4, -0.2) is 60.3 Å². The number of benzene rings is 1. The van der Waals surface area contributed by atoms with E-state index in [0.717, 1.165) is 51.4 Å². The number of fused-ring (bicyclic) bond motifs is 1. The van der Waals surface area contributed by atoms with Gasteiger partial charge in [0, 0.05) is 38.1 Å². The van der Waals surface area contributed by atoms with Crippen LogP contribution in [0, 0.1) is 12.8 Å². The van der Waals surface area contributed by atoms with Crippen molar-refractivity contribution in [2.45, 2.75) is 66.0 Å². The second kappa shape index (κ2) is 10.1. The largest absolute Gasteiger partial charge is 0.493 e. The molecule has 2 fully saturated rings. The maximum absolute atomic E-state index is 12.3. The molecule has 2 aliphatic heterocycles. The minimum Gasteiger partial charge on any atom is -0.493 e. The number of amides is 1. The summed E-state index contributed by atoms with van der Waals surface area (Å²) in [6.45, 7) is 16.1. The number of nitrogens with zero attached hydrogens (tertiary/aromatic N) is 2. The smallest absolute Gasteiger partial charge is 0.410 e. The number of carbonyl (C=O) groups excluding carboxylic acids is 1. The Morgan fingerprint density at radius 2 is 1.89 bits per heavy atom. The molecule has 2 aliphatic rings. The standard InChI is InChI=1S/C21H32N2O3.C2H6/c1-16-6-5-7-19(12-16)25-15-17-8-9-18-14-23(11-10-22(18)13-17)20(24)26-21(2,3)4;1-2/h5-7,12,17-18H,8-11,13-15H2,1-4H3;1-2H3/t17?,18-;/m0./s1. The summed E-state index contributed by atoms with van der Waals surface area (Å²) in [6.07, 6.45) is 2.08. The molecule has 5 nitrogen and oxygen atoms in total. The minimum absolute atomic E-state index is 0.179. The molecular weight excluding hydrogens is 352 g/mol. The van der Waals surface area contributed by atoms with Crippen LogP contribution >= 0.6 is 0 Å². The van der Waals surface area contributed by atoms with E-state index in [1.165, 1.54) is 5.56 Å². The Hall–Kier alpha value is -1.75. The molecule has 0 spiro atoms. The van der Waals surface area contributed by atoms with Crippen LogP contribution in [0.3, 0.4) is 0 Å². The van der Waals surface area contributed by atoms with Crippen molar-refractivity contribution in [3.05, 3.63) is 29.8 Å². The van der Waals surface area contributed by atoms with Crippen molar-refractivity contribution in [1.29, 1.82) is 0 Å². The lowest BCUT2D eigenvalue weighted by molar-refractivity contribution is -0.0122. The Morgan fingerprint density at radius 1 is 1.14 bits per heavy atom. The van der Waals surface area contributed by atoms with Crippen molar-refractivity contribution in [2.24, 2.45) is 5.92 Å². The monoisotopic (exact) mass is 390 g/mol. The van der Waals surface area contributed by atoms with Crippen LogP contribution < -0.4 is 4.74 Å². The van der Waals surface area contributed by atoms with Crippen LogP contribution in [0.15, 0.2) is 24.3 Å². The first kappa shape index (κ1) is 22.5. The molecule has 2 saturated heterocycles. The number of rotatable bonds is 3. The quantitative estimate of drug-likeness (QED) is 0.748. The molecule has 158 valence electrons. The van der Waals surface area contributed by atoms with E-state index in [0.29, 0.717) is 12.0 Å². The zero-order chi connectivity index (χ0) is 20.7. The third-order valence-corrected chi connectivity index (χ3v) is 5.13. The van der Waals surface area contributed by atoms with Crippen LogP contribution in [0.1, 0.15) is 53.0 Å². The average Bonchev–Trinajstić information content (AvgIpc) is 2.66. The zero-order valence-electron chi connectivity index (χ0n) is 18.5. The summed E-state index contributed by atoms with van der Waals surface area (Å²) in [7, 11) is 0. The summed E-state index contributed by atoms with van der Waals surface area (Å²) in [5.74, 6) is 1.52. The van der Waals surface area contributed by atoms with Crippen LogP contribution in [0.5, 0.6) is 5.75 Å². The van der Waals surface area contributed by atoms with Crippen molar-refractivity contribution in [1.82, 2.24) is 9.80 Å². The Bertz CT molecular complexity index is 627. The Balaban J connectivity index is 0.00000136. The summed E-state index contributed by atoms with van der Waals surface area (Å²) >= 11 is 0. The molecule has 0 N–H and O–H groups in total. The molecule has 5 heteroatoms. The third-order valence-electron chi connectivity index (χ3n) is 5.13. The van der Waals surface area contributed by atoms with E-state index in [-0.39, 0.29) is 6.09 Å². The highest BCUT2D eigenvalue weighted by Crippen LogP contribution is 2.27. The van der Waals surface area contributed by atoms with E-state index in [2.05, 4.69) is 24.0 Å². The number of ether oxygens (including phenoxy) is 2. The van der Waals surface area contributed by atoms with Crippen LogP contribution in [0.4, 0.5) is 4.79 Å². The highest BCUT2D eigenvalue weighted by atomic mass is 16.6. The number of piperidine rings is 1. The van der Waals surface area contributed by atoms with Gasteiger partial charge in [-0.2, -0.15) is 0 Å². The van der Waals surface area contributed by atoms with Crippen LogP contribution in [0.2, 0.25) is 0 Å². The molecule has 28 heavy (non-hydrogen) atoms. The van der Waals surface area contributed by atoms with Crippen molar-refractivity contribution in [2.75, 3.05) is 32.8 Å². The van der Waals surface area contributed by atoms with Crippen molar-refractivity contribution in [3.8, 4) is 5.75 Å². The fourth-order valence-corrected chi connectivity index (χ4v) is 3.81. The fourth-order valence-electron chi connectivity index (χ4n) is 3.81. The lowest BCUT2D eigenvalue weighted by Gasteiger charge is -2.46.